The summed E-state index contributed by atoms with van der Waals surface area (Å²) in [7, 11) is -6.14. The molecule has 0 saturated carbocycles. The quantitative estimate of drug-likeness (QED) is 0.349. The van der Waals surface area contributed by atoms with Gasteiger partial charge in [0.1, 0.15) is 0 Å². The monoisotopic (exact) mass is 414 g/mol. The van der Waals surface area contributed by atoms with E-state index in [1.54, 1.807) is 11.1 Å². The molecule has 1 aliphatic rings. The van der Waals surface area contributed by atoms with E-state index < -0.39 is 30.6 Å². The Morgan fingerprint density at radius 3 is 1.48 bits per heavy atom. The highest BCUT2D eigenvalue weighted by atomic mass is 29.6. The van der Waals surface area contributed by atoms with Gasteiger partial charge in [-0.05, 0) is 51.4 Å². The molecule has 148 valence electrons. The summed E-state index contributed by atoms with van der Waals surface area (Å²) in [5, 5.41) is 0.100. The van der Waals surface area contributed by atoms with Crippen LogP contribution in [0.4, 0.5) is 0 Å². The first-order valence-corrected chi connectivity index (χ1v) is 24.7. The molecule has 0 bridgehead atoms. The molecule has 0 amide bonds. The molecular weight excluding hydrogens is 369 g/mol. The van der Waals surface area contributed by atoms with Crippen LogP contribution in [0, 0.1) is 5.41 Å². The molecule has 0 aromatic heterocycles. The van der Waals surface area contributed by atoms with E-state index in [1.807, 2.05) is 0 Å². The molecule has 0 aromatic rings. The van der Waals surface area contributed by atoms with Gasteiger partial charge >= 0.3 is 0 Å². The third kappa shape index (κ3) is 3.91. The van der Waals surface area contributed by atoms with Gasteiger partial charge in [0.15, 0.2) is 8.32 Å². The van der Waals surface area contributed by atoms with Crippen LogP contribution in [-0.2, 0) is 4.43 Å². The highest BCUT2D eigenvalue weighted by Crippen LogP contribution is 2.58. The molecule has 0 spiro atoms. The zero-order chi connectivity index (χ0) is 20.3. The summed E-state index contributed by atoms with van der Waals surface area (Å²) in [5.74, 6) is 0. The molecule has 0 aliphatic carbocycles. The van der Waals surface area contributed by atoms with Crippen molar-refractivity contribution in [3.8, 4) is 0 Å². The summed E-state index contributed by atoms with van der Waals surface area (Å²) in [6, 6.07) is 1.39. The fraction of sp³-hybridized carbons (Fsp3) is 0.900. The summed E-state index contributed by atoms with van der Waals surface area (Å²) in [6.07, 6.45) is 1.19. The molecule has 0 radical (unpaired) electrons. The van der Waals surface area contributed by atoms with Gasteiger partial charge < -0.3 is 4.43 Å². The SMILES string of the molecule is CC1=C(C)C[Si]([Si](C)(C)C)([Si](C)(C)C)C(O[Si](C)(C)C)(C(C)(C)C)C1. The molecule has 25 heavy (non-hydrogen) atoms. The molecule has 5 heteroatoms. The smallest absolute Gasteiger partial charge is 0.184 e. The Balaban J connectivity index is 4.02. The second kappa shape index (κ2) is 6.57. The second-order valence-corrected chi connectivity index (χ2v) is 44.6. The van der Waals surface area contributed by atoms with Crippen LogP contribution in [0.15, 0.2) is 11.1 Å². The summed E-state index contributed by atoms with van der Waals surface area (Å²) in [5.41, 5.74) is 3.52. The summed E-state index contributed by atoms with van der Waals surface area (Å²) in [4.78, 5) is 0. The lowest BCUT2D eigenvalue weighted by molar-refractivity contribution is 0.0271. The lowest BCUT2D eigenvalue weighted by Crippen LogP contribution is -2.87. The molecule has 1 nitrogen and oxygen atoms in total. The maximum Gasteiger partial charge on any atom is 0.184 e. The minimum Gasteiger partial charge on any atom is -0.415 e. The van der Waals surface area contributed by atoms with Crippen molar-refractivity contribution in [1.82, 2.24) is 0 Å². The van der Waals surface area contributed by atoms with Crippen molar-refractivity contribution in [2.45, 2.75) is 111 Å². The average molecular weight is 415 g/mol. The minimum absolute atomic E-state index is 0.100. The second-order valence-electron chi connectivity index (χ2n) is 12.6. The third-order valence-corrected chi connectivity index (χ3v) is 48.8. The first-order valence-electron chi connectivity index (χ1n) is 10.1. The predicted molar refractivity (Wildman–Crippen MR) is 127 cm³/mol. The molecule has 0 aromatic carbocycles. The Labute approximate surface area is 162 Å². The first-order chi connectivity index (χ1) is 10.7. The Bertz CT molecular complexity index is 524. The van der Waals surface area contributed by atoms with Gasteiger partial charge in [-0.15, -0.1) is 0 Å². The maximum atomic E-state index is 7.45. The standard InChI is InChI=1S/C20H46OSi4/c1-17-15-20(19(3,4)5,21-22(6,7)8)25(16-18(17)2,23(9,10)11)24(12,13)14/h15-16H2,1-14H3. The van der Waals surface area contributed by atoms with Gasteiger partial charge in [0.05, 0.1) is 12.3 Å². The molecule has 0 N–H and O–H groups in total. The van der Waals surface area contributed by atoms with Crippen LogP contribution >= 0.6 is 0 Å². The zero-order valence-corrected chi connectivity index (χ0v) is 23.8. The fourth-order valence-corrected chi connectivity index (χ4v) is 60.7. The highest BCUT2D eigenvalue weighted by Gasteiger charge is 2.71. The van der Waals surface area contributed by atoms with Crippen molar-refractivity contribution < 1.29 is 4.43 Å². The molecule has 1 rings (SSSR count). The van der Waals surface area contributed by atoms with Crippen molar-refractivity contribution in [2.24, 2.45) is 5.41 Å². The van der Waals surface area contributed by atoms with Crippen molar-refractivity contribution in [3.63, 3.8) is 0 Å². The van der Waals surface area contributed by atoms with Crippen molar-refractivity contribution in [3.05, 3.63) is 11.1 Å². The molecule has 1 heterocycles. The van der Waals surface area contributed by atoms with Crippen molar-refractivity contribution >= 4 is 30.6 Å². The molecule has 1 unspecified atom stereocenters. The number of hydrogen-bond donors (Lipinski definition) is 0. The normalized spacial score (nSPS) is 26.2. The average Bonchev–Trinajstić information content (AvgIpc) is 2.26. The van der Waals surface area contributed by atoms with Crippen LogP contribution in [0.1, 0.15) is 41.0 Å². The third-order valence-electron chi connectivity index (χ3n) is 6.71. The Kier molecular flexibility index (Phi) is 6.21. The van der Waals surface area contributed by atoms with Crippen LogP contribution in [0.25, 0.3) is 0 Å². The van der Waals surface area contributed by atoms with Gasteiger partial charge in [-0.25, -0.2) is 0 Å². The first kappa shape index (κ1) is 23.6. The van der Waals surface area contributed by atoms with Gasteiger partial charge in [-0.1, -0.05) is 71.2 Å². The number of allylic oxidation sites excluding steroid dienone is 1. The molecule has 0 saturated heterocycles. The Morgan fingerprint density at radius 2 is 1.20 bits per heavy atom. The van der Waals surface area contributed by atoms with E-state index in [-0.39, 0.29) is 10.6 Å². The van der Waals surface area contributed by atoms with Crippen molar-refractivity contribution in [1.29, 1.82) is 0 Å². The Morgan fingerprint density at radius 1 is 0.800 bits per heavy atom. The van der Waals surface area contributed by atoms with Gasteiger partial charge in [0.2, 0.25) is 0 Å². The summed E-state index contributed by atoms with van der Waals surface area (Å²) in [6.45, 7) is 35.6. The molecular formula is C20H46OSi4. The van der Waals surface area contributed by atoms with E-state index in [0.29, 0.717) is 0 Å². The zero-order valence-electron chi connectivity index (χ0n) is 19.8. The van der Waals surface area contributed by atoms with Crippen LogP contribution in [0.5, 0.6) is 0 Å². The van der Waals surface area contributed by atoms with Crippen LogP contribution in [0.3, 0.4) is 0 Å². The van der Waals surface area contributed by atoms with Gasteiger partial charge in [-0.2, -0.15) is 0 Å². The van der Waals surface area contributed by atoms with Crippen LogP contribution in [0.2, 0.25) is 65.0 Å². The molecule has 1 atom stereocenters. The summed E-state index contributed by atoms with van der Waals surface area (Å²) >= 11 is 0. The van der Waals surface area contributed by atoms with E-state index in [4.69, 9.17) is 4.43 Å². The van der Waals surface area contributed by atoms with Gasteiger partial charge in [-0.3, -0.25) is 0 Å². The number of hydrogen-bond acceptors (Lipinski definition) is 1. The fourth-order valence-electron chi connectivity index (χ4n) is 5.94. The van der Waals surface area contributed by atoms with Gasteiger partial charge in [0.25, 0.3) is 0 Å². The largest absolute Gasteiger partial charge is 0.415 e. The number of rotatable bonds is 4. The predicted octanol–water partition coefficient (Wildman–Crippen LogP) is 7.18. The van der Waals surface area contributed by atoms with Crippen molar-refractivity contribution in [2.75, 3.05) is 0 Å². The van der Waals surface area contributed by atoms with Crippen LogP contribution in [-0.4, -0.2) is 35.8 Å². The van der Waals surface area contributed by atoms with E-state index in [0.717, 1.165) is 0 Å². The van der Waals surface area contributed by atoms with Gasteiger partial charge in [0, 0.05) is 15.2 Å². The topological polar surface area (TPSA) is 9.23 Å². The van der Waals surface area contributed by atoms with E-state index >= 15 is 0 Å². The molecule has 0 fully saturated rings. The summed E-state index contributed by atoms with van der Waals surface area (Å²) < 4.78 is 7.45. The van der Waals surface area contributed by atoms with E-state index in [1.165, 1.54) is 12.5 Å². The van der Waals surface area contributed by atoms with Crippen LogP contribution < -0.4 is 0 Å². The molecule has 1 aliphatic heterocycles. The lowest BCUT2D eigenvalue weighted by Gasteiger charge is -2.68. The maximum absolute atomic E-state index is 7.45. The minimum atomic E-state index is -1.68. The highest BCUT2D eigenvalue weighted by molar-refractivity contribution is 7.69. The lowest BCUT2D eigenvalue weighted by atomic mass is 9.83. The van der Waals surface area contributed by atoms with E-state index in [2.05, 4.69) is 93.5 Å². The Hall–Kier alpha value is 0.568. The van der Waals surface area contributed by atoms with E-state index in [9.17, 15) is 0 Å².